The molecule has 2 rings (SSSR count). The van der Waals surface area contributed by atoms with Crippen LogP contribution in [0.3, 0.4) is 0 Å². The van der Waals surface area contributed by atoms with E-state index in [9.17, 15) is 0 Å². The van der Waals surface area contributed by atoms with E-state index in [0.29, 0.717) is 6.04 Å². The van der Waals surface area contributed by atoms with Crippen LogP contribution in [0.5, 0.6) is 0 Å². The van der Waals surface area contributed by atoms with Crippen molar-refractivity contribution in [2.45, 2.75) is 25.8 Å². The van der Waals surface area contributed by atoms with Gasteiger partial charge < -0.3 is 9.84 Å². The Bertz CT molecular complexity index is 456. The van der Waals surface area contributed by atoms with Crippen molar-refractivity contribution in [1.29, 1.82) is 0 Å². The number of nitrogens with zero attached hydrogens (tertiary/aromatic N) is 2. The summed E-state index contributed by atoms with van der Waals surface area (Å²) < 4.78 is 5.80. The predicted molar refractivity (Wildman–Crippen MR) is 73.3 cm³/mol. The maximum absolute atomic E-state index is 4.69. The van der Waals surface area contributed by atoms with Crippen molar-refractivity contribution >= 4 is 15.9 Å². The molecule has 0 aliphatic carbocycles. The van der Waals surface area contributed by atoms with Gasteiger partial charge in [0.15, 0.2) is 5.82 Å². The van der Waals surface area contributed by atoms with Crippen molar-refractivity contribution in [3.8, 4) is 0 Å². The summed E-state index contributed by atoms with van der Waals surface area (Å²) in [6.07, 6.45) is 3.17. The summed E-state index contributed by atoms with van der Waals surface area (Å²) in [5.41, 5.74) is 1.33. The van der Waals surface area contributed by atoms with Gasteiger partial charge in [-0.2, -0.15) is 4.98 Å². The summed E-state index contributed by atoms with van der Waals surface area (Å²) >= 11 is 3.44. The summed E-state index contributed by atoms with van der Waals surface area (Å²) in [5, 5.41) is 7.23. The van der Waals surface area contributed by atoms with E-state index in [1.54, 1.807) is 0 Å². The number of hydrogen-bond donors (Lipinski definition) is 1. The number of nitrogens with one attached hydrogen (secondary N) is 1. The van der Waals surface area contributed by atoms with Crippen molar-refractivity contribution in [3.05, 3.63) is 46.5 Å². The molecule has 18 heavy (non-hydrogen) atoms. The first kappa shape index (κ1) is 13.2. The summed E-state index contributed by atoms with van der Waals surface area (Å²) in [6.45, 7) is 3.04. The molecule has 0 spiro atoms. The molecule has 1 N–H and O–H groups in total. The lowest BCUT2D eigenvalue weighted by atomic mass is 10.1. The van der Waals surface area contributed by atoms with Crippen LogP contribution in [0.1, 0.15) is 18.3 Å². The van der Waals surface area contributed by atoms with Crippen molar-refractivity contribution in [3.63, 3.8) is 0 Å². The average Bonchev–Trinajstić information content (AvgIpc) is 2.85. The SMILES string of the molecule is CC(Cc1ccc(Br)cc1)NCCc1ncon1. The van der Waals surface area contributed by atoms with Gasteiger partial charge in [0.1, 0.15) is 0 Å². The molecule has 0 radical (unpaired) electrons. The molecule has 0 fully saturated rings. The molecule has 0 bridgehead atoms. The van der Waals surface area contributed by atoms with Gasteiger partial charge >= 0.3 is 0 Å². The fourth-order valence-electron chi connectivity index (χ4n) is 1.78. The molecule has 4 nitrogen and oxygen atoms in total. The van der Waals surface area contributed by atoms with Crippen LogP contribution in [0.25, 0.3) is 0 Å². The van der Waals surface area contributed by atoms with E-state index in [1.807, 2.05) is 0 Å². The van der Waals surface area contributed by atoms with Gasteiger partial charge in [0.25, 0.3) is 0 Å². The Hall–Kier alpha value is -1.20. The first-order valence-corrected chi connectivity index (χ1v) is 6.76. The molecular formula is C13H16BrN3O. The van der Waals surface area contributed by atoms with E-state index in [4.69, 9.17) is 0 Å². The average molecular weight is 310 g/mol. The normalized spacial score (nSPS) is 12.6. The van der Waals surface area contributed by atoms with E-state index in [-0.39, 0.29) is 0 Å². The molecule has 1 aromatic heterocycles. The summed E-state index contributed by atoms with van der Waals surface area (Å²) in [6, 6.07) is 8.85. The van der Waals surface area contributed by atoms with Crippen molar-refractivity contribution in [2.75, 3.05) is 6.54 Å². The van der Waals surface area contributed by atoms with Crippen LogP contribution in [-0.4, -0.2) is 22.7 Å². The summed E-state index contributed by atoms with van der Waals surface area (Å²) in [5.74, 6) is 0.748. The van der Waals surface area contributed by atoms with Gasteiger partial charge in [0.2, 0.25) is 6.39 Å². The first-order valence-electron chi connectivity index (χ1n) is 5.97. The number of rotatable bonds is 6. The van der Waals surface area contributed by atoms with Crippen molar-refractivity contribution in [2.24, 2.45) is 0 Å². The van der Waals surface area contributed by atoms with Gasteiger partial charge in [-0.05, 0) is 31.0 Å². The molecule has 0 saturated carbocycles. The third-order valence-corrected chi connectivity index (χ3v) is 3.23. The Morgan fingerprint density at radius 3 is 2.78 bits per heavy atom. The molecule has 2 aromatic rings. The molecule has 0 aliphatic heterocycles. The Kier molecular flexibility index (Phi) is 4.90. The molecule has 0 aliphatic rings. The van der Waals surface area contributed by atoms with Gasteiger partial charge in [-0.1, -0.05) is 33.2 Å². The van der Waals surface area contributed by atoms with Crippen LogP contribution in [0.2, 0.25) is 0 Å². The zero-order valence-corrected chi connectivity index (χ0v) is 11.9. The maximum atomic E-state index is 4.69. The molecule has 96 valence electrons. The molecule has 0 amide bonds. The third-order valence-electron chi connectivity index (χ3n) is 2.70. The maximum Gasteiger partial charge on any atom is 0.213 e. The summed E-state index contributed by atoms with van der Waals surface area (Å²) in [4.78, 5) is 3.98. The monoisotopic (exact) mass is 309 g/mol. The van der Waals surface area contributed by atoms with Gasteiger partial charge in [-0.3, -0.25) is 0 Å². The lowest BCUT2D eigenvalue weighted by molar-refractivity contribution is 0.408. The summed E-state index contributed by atoms with van der Waals surface area (Å²) in [7, 11) is 0. The topological polar surface area (TPSA) is 51.0 Å². The molecule has 0 saturated heterocycles. The highest BCUT2D eigenvalue weighted by atomic mass is 79.9. The Labute approximate surface area is 115 Å². The smallest absolute Gasteiger partial charge is 0.213 e. The highest BCUT2D eigenvalue weighted by molar-refractivity contribution is 9.10. The minimum absolute atomic E-state index is 0.429. The van der Waals surface area contributed by atoms with E-state index in [0.717, 1.165) is 29.7 Å². The molecule has 1 atom stereocenters. The Morgan fingerprint density at radius 2 is 2.11 bits per heavy atom. The standard InChI is InChI=1S/C13H16BrN3O/c1-10(8-11-2-4-12(14)5-3-11)15-7-6-13-16-9-18-17-13/h2-5,9-10,15H,6-8H2,1H3. The quantitative estimate of drug-likeness (QED) is 0.891. The zero-order chi connectivity index (χ0) is 12.8. The van der Waals surface area contributed by atoms with Gasteiger partial charge in [-0.15, -0.1) is 0 Å². The second-order valence-electron chi connectivity index (χ2n) is 4.28. The van der Waals surface area contributed by atoms with Crippen LogP contribution in [0.15, 0.2) is 39.7 Å². The predicted octanol–water partition coefficient (Wildman–Crippen LogP) is 2.60. The zero-order valence-electron chi connectivity index (χ0n) is 10.3. The second-order valence-corrected chi connectivity index (χ2v) is 5.20. The Balaban J connectivity index is 1.71. The van der Waals surface area contributed by atoms with Crippen molar-refractivity contribution in [1.82, 2.24) is 15.5 Å². The van der Waals surface area contributed by atoms with Crippen LogP contribution < -0.4 is 5.32 Å². The van der Waals surface area contributed by atoms with E-state index >= 15 is 0 Å². The van der Waals surface area contributed by atoms with Crippen LogP contribution in [0, 0.1) is 0 Å². The molecular weight excluding hydrogens is 294 g/mol. The number of halogens is 1. The minimum atomic E-state index is 0.429. The van der Waals surface area contributed by atoms with Crippen LogP contribution in [0.4, 0.5) is 0 Å². The first-order chi connectivity index (χ1) is 8.74. The lowest BCUT2D eigenvalue weighted by Gasteiger charge is -2.13. The molecule has 5 heteroatoms. The Morgan fingerprint density at radius 1 is 1.33 bits per heavy atom. The molecule has 1 unspecified atom stereocenters. The fraction of sp³-hybridized carbons (Fsp3) is 0.385. The van der Waals surface area contributed by atoms with E-state index in [1.165, 1.54) is 12.0 Å². The van der Waals surface area contributed by atoms with Gasteiger partial charge in [0.05, 0.1) is 0 Å². The number of benzene rings is 1. The van der Waals surface area contributed by atoms with E-state index < -0.39 is 0 Å². The van der Waals surface area contributed by atoms with E-state index in [2.05, 4.69) is 67.1 Å². The van der Waals surface area contributed by atoms with Crippen LogP contribution in [-0.2, 0) is 12.8 Å². The minimum Gasteiger partial charge on any atom is -0.343 e. The second kappa shape index (κ2) is 6.66. The van der Waals surface area contributed by atoms with Gasteiger partial charge in [0, 0.05) is 23.5 Å². The number of aromatic nitrogens is 2. The van der Waals surface area contributed by atoms with Crippen LogP contribution >= 0.6 is 15.9 Å². The largest absolute Gasteiger partial charge is 0.343 e. The third kappa shape index (κ3) is 4.23. The molecule has 1 heterocycles. The lowest BCUT2D eigenvalue weighted by Crippen LogP contribution is -2.30. The fourth-order valence-corrected chi connectivity index (χ4v) is 2.04. The highest BCUT2D eigenvalue weighted by Gasteiger charge is 2.04. The number of hydrogen-bond acceptors (Lipinski definition) is 4. The van der Waals surface area contributed by atoms with Gasteiger partial charge in [-0.25, -0.2) is 0 Å². The highest BCUT2D eigenvalue weighted by Crippen LogP contribution is 2.11. The molecule has 1 aromatic carbocycles. The van der Waals surface area contributed by atoms with Crippen molar-refractivity contribution < 1.29 is 4.52 Å².